The zero-order chi connectivity index (χ0) is 16.4. The van der Waals surface area contributed by atoms with Gasteiger partial charge in [-0.1, -0.05) is 18.7 Å². The Labute approximate surface area is 114 Å². The minimum atomic E-state index is -6.23. The number of halogens is 8. The summed E-state index contributed by atoms with van der Waals surface area (Å²) in [5.74, 6) is -24.0. The molecule has 0 amide bonds. The summed E-state index contributed by atoms with van der Waals surface area (Å²) in [6.45, 7) is 0.820. The first-order chi connectivity index (χ1) is 8.70. The summed E-state index contributed by atoms with van der Waals surface area (Å²) in [6, 6.07) is 0. The average molecular weight is 332 g/mol. The van der Waals surface area contributed by atoms with Gasteiger partial charge in [0.1, 0.15) is 0 Å². The van der Waals surface area contributed by atoms with Crippen molar-refractivity contribution in [3.8, 4) is 0 Å². The predicted octanol–water partition coefficient (Wildman–Crippen LogP) is 4.61. The van der Waals surface area contributed by atoms with Gasteiger partial charge in [0, 0.05) is 25.5 Å². The maximum absolute atomic E-state index is 13.1. The first kappa shape index (κ1) is 19.5. The summed E-state index contributed by atoms with van der Waals surface area (Å²) in [4.78, 5) is 10.8. The molecule has 0 rings (SSSR count). The lowest BCUT2D eigenvalue weighted by molar-refractivity contribution is -0.362. The topological polar surface area (TPSA) is 17.1 Å². The number of carbonyl (C=O) groups is 1. The van der Waals surface area contributed by atoms with Gasteiger partial charge in [-0.3, -0.25) is 4.79 Å². The van der Waals surface area contributed by atoms with Gasteiger partial charge in [-0.25, -0.2) is 0 Å². The molecule has 0 heterocycles. The van der Waals surface area contributed by atoms with Crippen LogP contribution in [0.2, 0.25) is 0 Å². The van der Waals surface area contributed by atoms with E-state index in [0.717, 1.165) is 0 Å². The second kappa shape index (κ2) is 6.07. The fourth-order valence-corrected chi connectivity index (χ4v) is 1.85. The molecule has 0 bridgehead atoms. The molecule has 0 aliphatic heterocycles. The summed E-state index contributed by atoms with van der Waals surface area (Å²) >= 11 is 0.253. The Morgan fingerprint density at radius 1 is 0.950 bits per heavy atom. The van der Waals surface area contributed by atoms with E-state index in [4.69, 9.17) is 0 Å². The van der Waals surface area contributed by atoms with Crippen LogP contribution in [0.1, 0.15) is 26.7 Å². The Morgan fingerprint density at radius 3 is 1.75 bits per heavy atom. The first-order valence-electron chi connectivity index (χ1n) is 5.37. The van der Waals surface area contributed by atoms with Gasteiger partial charge >= 0.3 is 23.7 Å². The highest BCUT2D eigenvalue weighted by atomic mass is 32.2. The molecule has 0 unspecified atom stereocenters. The van der Waals surface area contributed by atoms with Gasteiger partial charge in [-0.15, -0.1) is 0 Å². The molecule has 0 saturated heterocycles. The molecule has 10 heteroatoms. The van der Waals surface area contributed by atoms with Crippen LogP contribution in [0.15, 0.2) is 0 Å². The predicted molar refractivity (Wildman–Crippen MR) is 57.8 cm³/mol. The summed E-state index contributed by atoms with van der Waals surface area (Å²) in [5.41, 5.74) is 0. The Bertz CT molecular complexity index is 350. The van der Waals surface area contributed by atoms with E-state index in [0.29, 0.717) is 0 Å². The third-order valence-corrected chi connectivity index (χ3v) is 3.39. The van der Waals surface area contributed by atoms with Gasteiger partial charge < -0.3 is 0 Å². The summed E-state index contributed by atoms with van der Waals surface area (Å²) in [6.07, 6.45) is -1.88. The molecule has 0 saturated carbocycles. The number of rotatable bonds is 7. The molecule has 1 nitrogen and oxygen atoms in total. The molecule has 0 aromatic heterocycles. The Kier molecular flexibility index (Phi) is 5.90. The van der Waals surface area contributed by atoms with Crippen LogP contribution in [0.3, 0.4) is 0 Å². The van der Waals surface area contributed by atoms with E-state index >= 15 is 0 Å². The van der Waals surface area contributed by atoms with Gasteiger partial charge in [0.25, 0.3) is 0 Å². The lowest BCUT2D eigenvalue weighted by atomic mass is 9.98. The molecule has 0 spiro atoms. The highest BCUT2D eigenvalue weighted by molar-refractivity contribution is 8.13. The van der Waals surface area contributed by atoms with Crippen LogP contribution in [0.5, 0.6) is 0 Å². The third kappa shape index (κ3) is 3.76. The highest BCUT2D eigenvalue weighted by Gasteiger charge is 2.78. The number of hydrogen-bond donors (Lipinski definition) is 0. The van der Waals surface area contributed by atoms with Crippen molar-refractivity contribution in [2.24, 2.45) is 0 Å². The van der Waals surface area contributed by atoms with Crippen molar-refractivity contribution in [3.63, 3.8) is 0 Å². The SMILES string of the molecule is CCC(=O)SCCC(F)(F)C(F)(F)C(F)(F)C(C)(F)F. The van der Waals surface area contributed by atoms with E-state index in [-0.39, 0.29) is 18.2 Å². The third-order valence-electron chi connectivity index (χ3n) is 2.37. The van der Waals surface area contributed by atoms with Gasteiger partial charge in [-0.2, -0.15) is 35.1 Å². The Balaban J connectivity index is 5.03. The average Bonchev–Trinajstić information content (AvgIpc) is 2.26. The van der Waals surface area contributed by atoms with Crippen molar-refractivity contribution >= 4 is 16.9 Å². The van der Waals surface area contributed by atoms with E-state index in [1.807, 2.05) is 0 Å². The molecule has 0 aliphatic rings. The quantitative estimate of drug-likeness (QED) is 0.634. The van der Waals surface area contributed by atoms with Crippen LogP contribution in [-0.2, 0) is 4.79 Å². The number of thioether (sulfide) groups is 1. The van der Waals surface area contributed by atoms with Crippen molar-refractivity contribution in [3.05, 3.63) is 0 Å². The second-order valence-corrected chi connectivity index (χ2v) is 5.22. The van der Waals surface area contributed by atoms with Crippen LogP contribution in [0, 0.1) is 0 Å². The zero-order valence-electron chi connectivity index (χ0n) is 10.5. The number of carbonyl (C=O) groups excluding carboxylic acids is 1. The maximum Gasteiger partial charge on any atom is 0.378 e. The van der Waals surface area contributed by atoms with Crippen molar-refractivity contribution in [2.75, 3.05) is 5.75 Å². The molecular weight excluding hydrogens is 320 g/mol. The molecule has 120 valence electrons. The fourth-order valence-electron chi connectivity index (χ4n) is 1.06. The Morgan fingerprint density at radius 2 is 1.40 bits per heavy atom. The lowest BCUT2D eigenvalue weighted by Gasteiger charge is -2.35. The second-order valence-electron chi connectivity index (χ2n) is 4.07. The highest BCUT2D eigenvalue weighted by Crippen LogP contribution is 2.53. The van der Waals surface area contributed by atoms with Crippen molar-refractivity contribution in [2.45, 2.75) is 50.4 Å². The van der Waals surface area contributed by atoms with Crippen LogP contribution in [0.4, 0.5) is 35.1 Å². The molecule has 0 N–H and O–H groups in total. The first-order valence-corrected chi connectivity index (χ1v) is 6.36. The van der Waals surface area contributed by atoms with Crippen LogP contribution in [-0.4, -0.2) is 34.6 Å². The summed E-state index contributed by atoms with van der Waals surface area (Å²) in [7, 11) is 0. The Hall–Kier alpha value is -0.540. The molecular formula is C10H12F8OS. The minimum absolute atomic E-state index is 0.0597. The van der Waals surface area contributed by atoms with Crippen molar-refractivity contribution < 1.29 is 39.9 Å². The van der Waals surface area contributed by atoms with Gasteiger partial charge in [0.15, 0.2) is 5.12 Å². The van der Waals surface area contributed by atoms with E-state index < -0.39 is 47.9 Å². The number of alkyl halides is 8. The van der Waals surface area contributed by atoms with Crippen LogP contribution in [0.25, 0.3) is 0 Å². The number of hydrogen-bond acceptors (Lipinski definition) is 2. The van der Waals surface area contributed by atoms with Crippen molar-refractivity contribution in [1.82, 2.24) is 0 Å². The van der Waals surface area contributed by atoms with Crippen LogP contribution < -0.4 is 0 Å². The molecule has 20 heavy (non-hydrogen) atoms. The maximum atomic E-state index is 13.1. The summed E-state index contributed by atoms with van der Waals surface area (Å²) < 4.78 is 103. The minimum Gasteiger partial charge on any atom is -0.287 e. The van der Waals surface area contributed by atoms with Gasteiger partial charge in [0.2, 0.25) is 0 Å². The van der Waals surface area contributed by atoms with Gasteiger partial charge in [0.05, 0.1) is 0 Å². The fraction of sp³-hybridized carbons (Fsp3) is 0.900. The van der Waals surface area contributed by atoms with E-state index in [1.165, 1.54) is 6.92 Å². The molecule has 0 atom stereocenters. The summed E-state index contributed by atoms with van der Waals surface area (Å²) in [5, 5.41) is -0.600. The monoisotopic (exact) mass is 332 g/mol. The van der Waals surface area contributed by atoms with E-state index in [9.17, 15) is 39.9 Å². The molecule has 0 aromatic carbocycles. The molecule has 0 aromatic rings. The lowest BCUT2D eigenvalue weighted by Crippen LogP contribution is -2.61. The van der Waals surface area contributed by atoms with Crippen LogP contribution >= 0.6 is 11.8 Å². The normalized spacial score (nSPS) is 14.5. The van der Waals surface area contributed by atoms with Gasteiger partial charge in [-0.05, 0) is 0 Å². The standard InChI is InChI=1S/C10H12F8OS/c1-3-6(19)20-5-4-8(13,14)10(17,18)9(15,16)7(2,11)12/h3-5H2,1-2H3. The van der Waals surface area contributed by atoms with E-state index in [2.05, 4.69) is 0 Å². The smallest absolute Gasteiger partial charge is 0.287 e. The zero-order valence-corrected chi connectivity index (χ0v) is 11.3. The molecule has 0 radical (unpaired) electrons. The van der Waals surface area contributed by atoms with Crippen molar-refractivity contribution in [1.29, 1.82) is 0 Å². The van der Waals surface area contributed by atoms with E-state index in [1.54, 1.807) is 0 Å². The largest absolute Gasteiger partial charge is 0.378 e. The molecule has 0 fully saturated rings. The molecule has 0 aliphatic carbocycles.